The van der Waals surface area contributed by atoms with Gasteiger partial charge in [0.1, 0.15) is 5.54 Å². The van der Waals surface area contributed by atoms with E-state index in [0.717, 1.165) is 11.1 Å². The molecule has 3 atom stereocenters. The Bertz CT molecular complexity index is 766. The maximum Gasteiger partial charge on any atom is 0.326 e. The van der Waals surface area contributed by atoms with Crippen LogP contribution in [0.5, 0.6) is 0 Å². The van der Waals surface area contributed by atoms with Crippen LogP contribution in [0.2, 0.25) is 0 Å². The molecule has 1 fully saturated rings. The topological polar surface area (TPSA) is 81.5 Å². The highest BCUT2D eigenvalue weighted by Crippen LogP contribution is 2.42. The Balaban J connectivity index is 2.01. The third kappa shape index (κ3) is 3.46. The minimum atomic E-state index is -1.12. The highest BCUT2D eigenvalue weighted by molar-refractivity contribution is 5.83. The standard InChI is InChI=1S/C20H22N2O4/c1-26-19(23)20(13-12-18(21-20)16-10-6-3-7-11-16)17(14-22(24)25)15-8-4-2-5-9-15/h2-11,17-18,21H,12-14H2,1H3/t17-,18+,20+/m1/s1. The summed E-state index contributed by atoms with van der Waals surface area (Å²) in [5.74, 6) is -1.06. The molecule has 6 heteroatoms. The van der Waals surface area contributed by atoms with Crippen LogP contribution in [0.15, 0.2) is 60.7 Å². The molecule has 1 saturated heterocycles. The second-order valence-corrected chi connectivity index (χ2v) is 6.59. The number of rotatable bonds is 6. The number of nitro groups is 1. The lowest BCUT2D eigenvalue weighted by molar-refractivity contribution is -0.485. The zero-order valence-electron chi connectivity index (χ0n) is 14.6. The van der Waals surface area contributed by atoms with Gasteiger partial charge in [-0.2, -0.15) is 0 Å². The Kier molecular flexibility index (Phi) is 5.32. The average Bonchev–Trinajstić information content (AvgIpc) is 3.13. The Morgan fingerprint density at radius 3 is 2.42 bits per heavy atom. The van der Waals surface area contributed by atoms with Gasteiger partial charge in [0.25, 0.3) is 0 Å². The molecule has 0 saturated carbocycles. The smallest absolute Gasteiger partial charge is 0.326 e. The fourth-order valence-electron chi connectivity index (χ4n) is 3.90. The van der Waals surface area contributed by atoms with E-state index in [1.807, 2.05) is 60.7 Å². The number of hydrogen-bond donors (Lipinski definition) is 1. The average molecular weight is 354 g/mol. The van der Waals surface area contributed by atoms with E-state index in [0.29, 0.717) is 12.8 Å². The molecule has 0 aromatic heterocycles. The summed E-state index contributed by atoms with van der Waals surface area (Å²) in [6.07, 6.45) is 1.19. The highest BCUT2D eigenvalue weighted by atomic mass is 16.6. The van der Waals surface area contributed by atoms with Crippen LogP contribution < -0.4 is 5.32 Å². The number of esters is 1. The van der Waals surface area contributed by atoms with E-state index in [1.54, 1.807) is 0 Å². The fraction of sp³-hybridized carbons (Fsp3) is 0.350. The van der Waals surface area contributed by atoms with Gasteiger partial charge in [-0.3, -0.25) is 20.2 Å². The first-order valence-electron chi connectivity index (χ1n) is 8.64. The molecule has 0 unspecified atom stereocenters. The van der Waals surface area contributed by atoms with Crippen LogP contribution >= 0.6 is 0 Å². The zero-order valence-corrected chi connectivity index (χ0v) is 14.6. The number of methoxy groups -OCH3 is 1. The van der Waals surface area contributed by atoms with E-state index < -0.39 is 17.4 Å². The van der Waals surface area contributed by atoms with Crippen molar-refractivity contribution in [2.75, 3.05) is 13.7 Å². The number of benzene rings is 2. The largest absolute Gasteiger partial charge is 0.468 e. The molecule has 1 N–H and O–H groups in total. The predicted octanol–water partition coefficient (Wildman–Crippen LogP) is 3.08. The first kappa shape index (κ1) is 18.1. The fourth-order valence-corrected chi connectivity index (χ4v) is 3.90. The van der Waals surface area contributed by atoms with E-state index in [9.17, 15) is 14.9 Å². The summed E-state index contributed by atoms with van der Waals surface area (Å²) in [4.78, 5) is 23.8. The Hall–Kier alpha value is -2.73. The molecule has 0 bridgehead atoms. The van der Waals surface area contributed by atoms with Gasteiger partial charge >= 0.3 is 5.97 Å². The Morgan fingerprint density at radius 2 is 1.85 bits per heavy atom. The number of ether oxygens (including phenoxy) is 1. The van der Waals surface area contributed by atoms with Crippen molar-refractivity contribution < 1.29 is 14.5 Å². The van der Waals surface area contributed by atoms with Crippen molar-refractivity contribution in [3.05, 3.63) is 81.9 Å². The SMILES string of the molecule is COC(=O)[C@@]1([C@H](C[N+](=O)[O-])c2ccccc2)CC[C@@H](c2ccccc2)N1. The number of nitrogens with zero attached hydrogens (tertiary/aromatic N) is 1. The quantitative estimate of drug-likeness (QED) is 0.490. The van der Waals surface area contributed by atoms with Crippen molar-refractivity contribution in [3.8, 4) is 0 Å². The second-order valence-electron chi connectivity index (χ2n) is 6.59. The predicted molar refractivity (Wildman–Crippen MR) is 97.3 cm³/mol. The zero-order chi connectivity index (χ0) is 18.6. The van der Waals surface area contributed by atoms with Crippen LogP contribution in [0.1, 0.15) is 35.9 Å². The van der Waals surface area contributed by atoms with E-state index in [1.165, 1.54) is 7.11 Å². The molecule has 2 aromatic carbocycles. The molecule has 0 radical (unpaired) electrons. The summed E-state index contributed by atoms with van der Waals surface area (Å²) in [6.45, 7) is -0.340. The van der Waals surface area contributed by atoms with Gasteiger partial charge in [-0.25, -0.2) is 0 Å². The van der Waals surface area contributed by atoms with E-state index in [2.05, 4.69) is 5.32 Å². The van der Waals surface area contributed by atoms with Crippen molar-refractivity contribution in [2.24, 2.45) is 0 Å². The van der Waals surface area contributed by atoms with E-state index in [4.69, 9.17) is 4.74 Å². The summed E-state index contributed by atoms with van der Waals surface area (Å²) in [7, 11) is 1.33. The minimum absolute atomic E-state index is 0.0479. The lowest BCUT2D eigenvalue weighted by Gasteiger charge is -2.34. The van der Waals surface area contributed by atoms with Crippen LogP contribution in [-0.4, -0.2) is 30.1 Å². The first-order valence-corrected chi connectivity index (χ1v) is 8.64. The Morgan fingerprint density at radius 1 is 1.23 bits per heavy atom. The minimum Gasteiger partial charge on any atom is -0.468 e. The number of hydrogen-bond acceptors (Lipinski definition) is 5. The molecular formula is C20H22N2O4. The molecule has 0 spiro atoms. The molecular weight excluding hydrogens is 332 g/mol. The molecule has 1 heterocycles. The highest BCUT2D eigenvalue weighted by Gasteiger charge is 2.54. The second kappa shape index (κ2) is 7.66. The van der Waals surface area contributed by atoms with Gasteiger partial charge in [0.2, 0.25) is 6.54 Å². The van der Waals surface area contributed by atoms with Gasteiger partial charge in [-0.05, 0) is 24.0 Å². The maximum absolute atomic E-state index is 12.8. The Labute approximate surface area is 152 Å². The van der Waals surface area contributed by atoms with Crippen molar-refractivity contribution in [1.82, 2.24) is 5.32 Å². The van der Waals surface area contributed by atoms with Crippen molar-refractivity contribution >= 4 is 5.97 Å². The molecule has 136 valence electrons. The third-order valence-electron chi connectivity index (χ3n) is 5.14. The monoisotopic (exact) mass is 354 g/mol. The normalized spacial score (nSPS) is 23.3. The number of nitrogens with one attached hydrogen (secondary N) is 1. The van der Waals surface area contributed by atoms with Gasteiger partial charge in [-0.15, -0.1) is 0 Å². The van der Waals surface area contributed by atoms with Gasteiger partial charge < -0.3 is 4.74 Å². The summed E-state index contributed by atoms with van der Waals surface area (Å²) < 4.78 is 5.08. The first-order chi connectivity index (χ1) is 12.6. The van der Waals surface area contributed by atoms with Crippen LogP contribution in [0, 0.1) is 10.1 Å². The van der Waals surface area contributed by atoms with Crippen LogP contribution in [0.4, 0.5) is 0 Å². The third-order valence-corrected chi connectivity index (χ3v) is 5.14. The lowest BCUT2D eigenvalue weighted by Crippen LogP contribution is -2.55. The lowest BCUT2D eigenvalue weighted by atomic mass is 9.78. The molecule has 6 nitrogen and oxygen atoms in total. The van der Waals surface area contributed by atoms with Crippen molar-refractivity contribution in [3.63, 3.8) is 0 Å². The molecule has 0 aliphatic carbocycles. The summed E-state index contributed by atoms with van der Waals surface area (Å²) in [5.41, 5.74) is 0.700. The molecule has 1 aliphatic heterocycles. The molecule has 26 heavy (non-hydrogen) atoms. The molecule has 0 amide bonds. The summed E-state index contributed by atoms with van der Waals surface area (Å²) in [5, 5.41) is 14.8. The molecule has 2 aromatic rings. The van der Waals surface area contributed by atoms with Gasteiger partial charge in [-0.1, -0.05) is 60.7 Å². The van der Waals surface area contributed by atoms with Crippen LogP contribution in [0.3, 0.4) is 0 Å². The van der Waals surface area contributed by atoms with Gasteiger partial charge in [0, 0.05) is 11.0 Å². The van der Waals surface area contributed by atoms with E-state index >= 15 is 0 Å². The summed E-state index contributed by atoms with van der Waals surface area (Å²) in [6, 6.07) is 18.9. The van der Waals surface area contributed by atoms with Crippen molar-refractivity contribution in [1.29, 1.82) is 0 Å². The molecule has 3 rings (SSSR count). The van der Waals surface area contributed by atoms with Crippen LogP contribution in [-0.2, 0) is 9.53 Å². The van der Waals surface area contributed by atoms with Crippen LogP contribution in [0.25, 0.3) is 0 Å². The molecule has 1 aliphatic rings. The maximum atomic E-state index is 12.8. The van der Waals surface area contributed by atoms with Gasteiger partial charge in [0.15, 0.2) is 0 Å². The summed E-state index contributed by atoms with van der Waals surface area (Å²) >= 11 is 0. The number of carbonyl (C=O) groups excluding carboxylic acids is 1. The number of carbonyl (C=O) groups is 1. The van der Waals surface area contributed by atoms with Gasteiger partial charge in [0.05, 0.1) is 13.0 Å². The van der Waals surface area contributed by atoms with E-state index in [-0.39, 0.29) is 17.5 Å². The van der Waals surface area contributed by atoms with Crippen molar-refractivity contribution in [2.45, 2.75) is 30.3 Å².